The lowest BCUT2D eigenvalue weighted by molar-refractivity contribution is -0.335. The van der Waals surface area contributed by atoms with E-state index in [-0.39, 0.29) is 6.42 Å². The summed E-state index contributed by atoms with van der Waals surface area (Å²) in [6.07, 6.45) is -5.64. The van der Waals surface area contributed by atoms with Crippen LogP contribution < -0.4 is 0 Å². The minimum atomic E-state index is -4.76. The summed E-state index contributed by atoms with van der Waals surface area (Å²) in [6, 6.07) is 6.67. The molecular weight excluding hydrogens is 221 g/mol. The van der Waals surface area contributed by atoms with E-state index in [2.05, 4.69) is 4.74 Å². The third-order valence-corrected chi connectivity index (χ3v) is 2.53. The summed E-state index contributed by atoms with van der Waals surface area (Å²) in [7, 11) is 0. The van der Waals surface area contributed by atoms with Gasteiger partial charge < -0.3 is 0 Å². The maximum Gasteiger partial charge on any atom is 0.523 e. The SMILES string of the molecule is O=C1c2ccccc2CCC1OC(F)(F)F. The Hall–Kier alpha value is -1.36. The smallest absolute Gasteiger partial charge is 0.291 e. The lowest BCUT2D eigenvalue weighted by Gasteiger charge is -2.24. The Kier molecular flexibility index (Phi) is 2.71. The third-order valence-electron chi connectivity index (χ3n) is 2.53. The van der Waals surface area contributed by atoms with Gasteiger partial charge in [-0.05, 0) is 18.4 Å². The van der Waals surface area contributed by atoms with Gasteiger partial charge in [-0.15, -0.1) is 13.2 Å². The van der Waals surface area contributed by atoms with E-state index in [0.717, 1.165) is 5.56 Å². The molecule has 0 aromatic heterocycles. The summed E-state index contributed by atoms with van der Waals surface area (Å²) in [6.45, 7) is 0. The van der Waals surface area contributed by atoms with Crippen LogP contribution >= 0.6 is 0 Å². The Morgan fingerprint density at radius 1 is 1.25 bits per heavy atom. The van der Waals surface area contributed by atoms with Gasteiger partial charge in [-0.1, -0.05) is 24.3 Å². The highest BCUT2D eigenvalue weighted by Crippen LogP contribution is 2.28. The van der Waals surface area contributed by atoms with Crippen LogP contribution in [0.3, 0.4) is 0 Å². The summed E-state index contributed by atoms with van der Waals surface area (Å²) in [5.41, 5.74) is 1.12. The second kappa shape index (κ2) is 3.90. The summed E-state index contributed by atoms with van der Waals surface area (Å²) in [5.74, 6) is -0.584. The highest BCUT2D eigenvalue weighted by atomic mass is 19.4. The number of ether oxygens (including phenoxy) is 1. The molecule has 1 aliphatic rings. The quantitative estimate of drug-likeness (QED) is 0.741. The molecule has 2 rings (SSSR count). The van der Waals surface area contributed by atoms with Crippen molar-refractivity contribution in [2.45, 2.75) is 25.3 Å². The molecule has 0 radical (unpaired) electrons. The van der Waals surface area contributed by atoms with Crippen LogP contribution in [0.4, 0.5) is 13.2 Å². The number of hydrogen-bond acceptors (Lipinski definition) is 2. The number of fused-ring (bicyclic) bond motifs is 1. The van der Waals surface area contributed by atoms with E-state index in [9.17, 15) is 18.0 Å². The Morgan fingerprint density at radius 3 is 2.62 bits per heavy atom. The zero-order valence-electron chi connectivity index (χ0n) is 8.25. The molecule has 2 nitrogen and oxygen atoms in total. The van der Waals surface area contributed by atoms with Crippen molar-refractivity contribution in [3.8, 4) is 0 Å². The van der Waals surface area contributed by atoms with Gasteiger partial charge in [0, 0.05) is 5.56 Å². The molecule has 1 atom stereocenters. The van der Waals surface area contributed by atoms with Crippen molar-refractivity contribution in [3.05, 3.63) is 35.4 Å². The summed E-state index contributed by atoms with van der Waals surface area (Å²) in [4.78, 5) is 11.7. The van der Waals surface area contributed by atoms with Crippen molar-refractivity contribution < 1.29 is 22.7 Å². The van der Waals surface area contributed by atoms with Gasteiger partial charge in [0.1, 0.15) is 6.10 Å². The molecule has 1 aliphatic carbocycles. The Bertz CT molecular complexity index is 412. The van der Waals surface area contributed by atoms with Gasteiger partial charge in [-0.3, -0.25) is 9.53 Å². The van der Waals surface area contributed by atoms with Crippen LogP contribution in [-0.2, 0) is 11.2 Å². The fraction of sp³-hybridized carbons (Fsp3) is 0.364. The number of alkyl halides is 3. The van der Waals surface area contributed by atoms with Crippen LogP contribution in [0.5, 0.6) is 0 Å². The second-order valence-electron chi connectivity index (χ2n) is 3.61. The molecule has 1 aromatic rings. The monoisotopic (exact) mass is 230 g/mol. The number of carbonyl (C=O) groups is 1. The Morgan fingerprint density at radius 2 is 1.94 bits per heavy atom. The van der Waals surface area contributed by atoms with Crippen molar-refractivity contribution in [2.75, 3.05) is 0 Å². The molecule has 0 heterocycles. The van der Waals surface area contributed by atoms with E-state index in [4.69, 9.17) is 0 Å². The Labute approximate surface area is 90.0 Å². The summed E-state index contributed by atoms with van der Waals surface area (Å²) >= 11 is 0. The molecule has 0 aliphatic heterocycles. The zero-order chi connectivity index (χ0) is 11.8. The van der Waals surface area contributed by atoms with Crippen LogP contribution in [-0.4, -0.2) is 18.2 Å². The first-order valence-corrected chi connectivity index (χ1v) is 4.84. The van der Waals surface area contributed by atoms with E-state index in [1.807, 2.05) is 0 Å². The number of aryl methyl sites for hydroxylation is 1. The highest BCUT2D eigenvalue weighted by molar-refractivity contribution is 6.01. The molecule has 0 spiro atoms. The lowest BCUT2D eigenvalue weighted by atomic mass is 9.89. The van der Waals surface area contributed by atoms with Crippen molar-refractivity contribution in [1.29, 1.82) is 0 Å². The molecule has 86 valence electrons. The van der Waals surface area contributed by atoms with Crippen molar-refractivity contribution >= 4 is 5.78 Å². The zero-order valence-corrected chi connectivity index (χ0v) is 8.25. The first-order valence-electron chi connectivity index (χ1n) is 4.84. The number of halogens is 3. The average molecular weight is 230 g/mol. The molecule has 0 saturated carbocycles. The number of carbonyl (C=O) groups excluding carboxylic acids is 1. The van der Waals surface area contributed by atoms with Crippen molar-refractivity contribution in [3.63, 3.8) is 0 Å². The van der Waals surface area contributed by atoms with Crippen LogP contribution in [0, 0.1) is 0 Å². The molecule has 0 bridgehead atoms. The number of Topliss-reactive ketones (excluding diaryl/α,β-unsaturated/α-hetero) is 1. The van der Waals surface area contributed by atoms with E-state index < -0.39 is 18.2 Å². The van der Waals surface area contributed by atoms with Crippen molar-refractivity contribution in [1.82, 2.24) is 0 Å². The van der Waals surface area contributed by atoms with Crippen LogP contribution in [0.2, 0.25) is 0 Å². The second-order valence-corrected chi connectivity index (χ2v) is 3.61. The molecule has 1 unspecified atom stereocenters. The predicted octanol–water partition coefficient (Wildman–Crippen LogP) is 2.72. The number of rotatable bonds is 1. The number of hydrogen-bond donors (Lipinski definition) is 0. The molecule has 0 saturated heterocycles. The van der Waals surface area contributed by atoms with Gasteiger partial charge in [0.05, 0.1) is 0 Å². The van der Waals surface area contributed by atoms with Gasteiger partial charge in [-0.2, -0.15) is 0 Å². The first-order chi connectivity index (χ1) is 7.47. The predicted molar refractivity (Wildman–Crippen MR) is 50.0 cm³/mol. The lowest BCUT2D eigenvalue weighted by Crippen LogP contribution is -2.34. The number of benzene rings is 1. The van der Waals surface area contributed by atoms with Gasteiger partial charge in [0.15, 0.2) is 5.78 Å². The normalized spacial score (nSPS) is 20.7. The fourth-order valence-corrected chi connectivity index (χ4v) is 1.84. The first kappa shape index (κ1) is 11.1. The number of ketones is 1. The molecule has 0 amide bonds. The largest absolute Gasteiger partial charge is 0.523 e. The maximum atomic E-state index is 12.0. The molecule has 0 fully saturated rings. The minimum Gasteiger partial charge on any atom is -0.291 e. The molecule has 16 heavy (non-hydrogen) atoms. The van der Waals surface area contributed by atoms with Crippen molar-refractivity contribution in [2.24, 2.45) is 0 Å². The van der Waals surface area contributed by atoms with E-state index in [0.29, 0.717) is 12.0 Å². The van der Waals surface area contributed by atoms with Gasteiger partial charge in [0.2, 0.25) is 0 Å². The third kappa shape index (κ3) is 2.24. The van der Waals surface area contributed by atoms with Crippen LogP contribution in [0.1, 0.15) is 22.3 Å². The topological polar surface area (TPSA) is 26.3 Å². The van der Waals surface area contributed by atoms with Crippen LogP contribution in [0.15, 0.2) is 24.3 Å². The average Bonchev–Trinajstić information content (AvgIpc) is 2.21. The maximum absolute atomic E-state index is 12.0. The van der Waals surface area contributed by atoms with E-state index in [1.165, 1.54) is 6.07 Å². The van der Waals surface area contributed by atoms with Gasteiger partial charge in [0.25, 0.3) is 0 Å². The minimum absolute atomic E-state index is 0.0787. The van der Waals surface area contributed by atoms with Gasteiger partial charge in [-0.25, -0.2) is 0 Å². The highest BCUT2D eigenvalue weighted by Gasteiger charge is 2.38. The summed E-state index contributed by atoms with van der Waals surface area (Å²) < 4.78 is 39.8. The fourth-order valence-electron chi connectivity index (χ4n) is 1.84. The molecule has 0 N–H and O–H groups in total. The van der Waals surface area contributed by atoms with E-state index >= 15 is 0 Å². The summed E-state index contributed by atoms with van der Waals surface area (Å²) in [5, 5.41) is 0. The molecule has 5 heteroatoms. The standard InChI is InChI=1S/C11H9F3O2/c12-11(13,14)16-9-6-5-7-3-1-2-4-8(7)10(9)15/h1-4,9H,5-6H2. The van der Waals surface area contributed by atoms with E-state index in [1.54, 1.807) is 18.2 Å². The molecular formula is C11H9F3O2. The van der Waals surface area contributed by atoms with Gasteiger partial charge >= 0.3 is 6.36 Å². The molecule has 1 aromatic carbocycles. The Balaban J connectivity index is 2.22. The van der Waals surface area contributed by atoms with Crippen LogP contribution in [0.25, 0.3) is 0 Å².